The molecule has 0 aliphatic rings. The molecule has 2 N–H and O–H groups in total. The summed E-state index contributed by atoms with van der Waals surface area (Å²) >= 11 is 0. The van der Waals surface area contributed by atoms with Crippen molar-refractivity contribution in [2.45, 2.75) is 6.54 Å². The first kappa shape index (κ1) is 17.5. The van der Waals surface area contributed by atoms with Crippen molar-refractivity contribution < 1.29 is 9.53 Å². The van der Waals surface area contributed by atoms with Crippen LogP contribution in [-0.4, -0.2) is 40.5 Å². The van der Waals surface area contributed by atoms with Crippen molar-refractivity contribution in [3.05, 3.63) is 67.1 Å². The van der Waals surface area contributed by atoms with Crippen LogP contribution in [0.2, 0.25) is 0 Å². The molecule has 0 atom stereocenters. The molecule has 26 heavy (non-hydrogen) atoms. The Labute approximate surface area is 152 Å². The molecule has 7 heteroatoms. The molecule has 0 spiro atoms. The summed E-state index contributed by atoms with van der Waals surface area (Å²) in [4.78, 5) is 15.8. The maximum Gasteiger partial charge on any atom is 0.314 e. The first-order chi connectivity index (χ1) is 12.8. The number of ether oxygens (including phenoxy) is 1. The van der Waals surface area contributed by atoms with Crippen LogP contribution in [0.15, 0.2) is 67.1 Å². The first-order valence-corrected chi connectivity index (χ1v) is 8.45. The van der Waals surface area contributed by atoms with Gasteiger partial charge in [-0.2, -0.15) is 5.10 Å². The van der Waals surface area contributed by atoms with E-state index in [0.717, 1.165) is 17.0 Å². The minimum Gasteiger partial charge on any atom is -0.492 e. The van der Waals surface area contributed by atoms with Gasteiger partial charge in [0.15, 0.2) is 0 Å². The van der Waals surface area contributed by atoms with Crippen molar-refractivity contribution in [2.24, 2.45) is 0 Å². The molecule has 0 radical (unpaired) electrons. The van der Waals surface area contributed by atoms with Crippen LogP contribution in [0.1, 0.15) is 0 Å². The number of carbonyl (C=O) groups is 1. The number of nitrogens with one attached hydrogen (secondary N) is 2. The molecular formula is C19H21N5O2. The molecule has 3 aromatic rings. The van der Waals surface area contributed by atoms with E-state index < -0.39 is 0 Å². The third kappa shape index (κ3) is 5.34. The lowest BCUT2D eigenvalue weighted by molar-refractivity contribution is 0.236. The summed E-state index contributed by atoms with van der Waals surface area (Å²) in [5, 5.41) is 10.0. The van der Waals surface area contributed by atoms with Crippen LogP contribution in [0.25, 0.3) is 11.3 Å². The number of carbonyl (C=O) groups excluding carboxylic acids is 1. The maximum absolute atomic E-state index is 11.8. The number of rotatable bonds is 8. The molecule has 2 amide bonds. The fraction of sp³-hybridized carbons (Fsp3) is 0.211. The highest BCUT2D eigenvalue weighted by Gasteiger charge is 2.03. The van der Waals surface area contributed by atoms with Gasteiger partial charge in [0.2, 0.25) is 0 Å². The Bertz CT molecular complexity index is 805. The van der Waals surface area contributed by atoms with Gasteiger partial charge in [-0.05, 0) is 30.3 Å². The van der Waals surface area contributed by atoms with Crippen LogP contribution in [0.4, 0.5) is 4.79 Å². The molecular weight excluding hydrogens is 330 g/mol. The quantitative estimate of drug-likeness (QED) is 0.610. The van der Waals surface area contributed by atoms with E-state index in [-0.39, 0.29) is 6.03 Å². The number of amides is 2. The number of para-hydroxylation sites is 1. The Hall–Kier alpha value is -3.35. The first-order valence-electron chi connectivity index (χ1n) is 8.45. The van der Waals surface area contributed by atoms with E-state index in [0.29, 0.717) is 26.2 Å². The zero-order valence-corrected chi connectivity index (χ0v) is 14.3. The van der Waals surface area contributed by atoms with E-state index in [1.807, 2.05) is 54.7 Å². The standard InChI is InChI=1S/C19H21N5O2/c25-19(22-12-15-26-17-4-2-1-3-5-17)21-11-14-24-13-8-18(23-24)16-6-9-20-10-7-16/h1-10,13H,11-12,14-15H2,(H2,21,22,25). The van der Waals surface area contributed by atoms with Crippen LogP contribution in [0, 0.1) is 0 Å². The zero-order chi connectivity index (χ0) is 18.0. The fourth-order valence-electron chi connectivity index (χ4n) is 2.36. The van der Waals surface area contributed by atoms with Crippen molar-refractivity contribution in [3.8, 4) is 17.0 Å². The molecule has 0 saturated carbocycles. The number of urea groups is 1. The largest absolute Gasteiger partial charge is 0.492 e. The third-order valence-electron chi connectivity index (χ3n) is 3.64. The van der Waals surface area contributed by atoms with Gasteiger partial charge in [0.05, 0.1) is 18.8 Å². The summed E-state index contributed by atoms with van der Waals surface area (Å²) in [7, 11) is 0. The highest BCUT2D eigenvalue weighted by Crippen LogP contribution is 2.14. The normalized spacial score (nSPS) is 10.3. The lowest BCUT2D eigenvalue weighted by Crippen LogP contribution is -2.39. The van der Waals surface area contributed by atoms with Crippen molar-refractivity contribution in [1.82, 2.24) is 25.4 Å². The molecule has 0 fully saturated rings. The summed E-state index contributed by atoms with van der Waals surface area (Å²) in [5.41, 5.74) is 1.90. The molecule has 7 nitrogen and oxygen atoms in total. The monoisotopic (exact) mass is 351 g/mol. The highest BCUT2D eigenvalue weighted by molar-refractivity contribution is 5.73. The number of pyridine rings is 1. The van der Waals surface area contributed by atoms with Gasteiger partial charge >= 0.3 is 6.03 Å². The van der Waals surface area contributed by atoms with E-state index in [4.69, 9.17) is 4.74 Å². The number of benzene rings is 1. The molecule has 0 saturated heterocycles. The minimum atomic E-state index is -0.219. The minimum absolute atomic E-state index is 0.219. The Kier molecular flexibility index (Phi) is 6.19. The SMILES string of the molecule is O=C(NCCOc1ccccc1)NCCn1ccc(-c2ccncc2)n1. The van der Waals surface area contributed by atoms with E-state index in [2.05, 4.69) is 20.7 Å². The summed E-state index contributed by atoms with van der Waals surface area (Å²) < 4.78 is 7.31. The maximum atomic E-state index is 11.8. The zero-order valence-electron chi connectivity index (χ0n) is 14.3. The summed E-state index contributed by atoms with van der Waals surface area (Å²) in [6.07, 6.45) is 5.37. The second-order valence-corrected chi connectivity index (χ2v) is 5.54. The van der Waals surface area contributed by atoms with Gasteiger partial charge in [-0.15, -0.1) is 0 Å². The number of aromatic nitrogens is 3. The fourth-order valence-corrected chi connectivity index (χ4v) is 2.36. The van der Waals surface area contributed by atoms with Gasteiger partial charge in [-0.1, -0.05) is 18.2 Å². The van der Waals surface area contributed by atoms with Crippen LogP contribution in [0.5, 0.6) is 5.75 Å². The molecule has 0 bridgehead atoms. The Morgan fingerprint density at radius 2 is 1.77 bits per heavy atom. The Morgan fingerprint density at radius 1 is 1.00 bits per heavy atom. The van der Waals surface area contributed by atoms with E-state index in [1.165, 1.54) is 0 Å². The van der Waals surface area contributed by atoms with Crippen LogP contribution >= 0.6 is 0 Å². The third-order valence-corrected chi connectivity index (χ3v) is 3.64. The van der Waals surface area contributed by atoms with E-state index >= 15 is 0 Å². The van der Waals surface area contributed by atoms with Gasteiger partial charge in [0.25, 0.3) is 0 Å². The van der Waals surface area contributed by atoms with E-state index in [9.17, 15) is 4.79 Å². The summed E-state index contributed by atoms with van der Waals surface area (Å²) in [6, 6.07) is 15.0. The average Bonchev–Trinajstić information content (AvgIpc) is 3.16. The lowest BCUT2D eigenvalue weighted by atomic mass is 10.2. The molecule has 134 valence electrons. The number of hydrogen-bond acceptors (Lipinski definition) is 4. The molecule has 0 aliphatic heterocycles. The topological polar surface area (TPSA) is 81.1 Å². The predicted octanol–water partition coefficient (Wildman–Crippen LogP) is 2.32. The van der Waals surface area contributed by atoms with Gasteiger partial charge in [-0.25, -0.2) is 4.79 Å². The molecule has 0 aliphatic carbocycles. The lowest BCUT2D eigenvalue weighted by Gasteiger charge is -2.09. The average molecular weight is 351 g/mol. The summed E-state index contributed by atoms with van der Waals surface area (Å²) in [5.74, 6) is 0.790. The van der Waals surface area contributed by atoms with Crippen LogP contribution < -0.4 is 15.4 Å². The van der Waals surface area contributed by atoms with Gasteiger partial charge in [-0.3, -0.25) is 9.67 Å². The van der Waals surface area contributed by atoms with Gasteiger partial charge in [0.1, 0.15) is 12.4 Å². The molecule has 1 aromatic carbocycles. The molecule has 3 rings (SSSR count). The highest BCUT2D eigenvalue weighted by atomic mass is 16.5. The second kappa shape index (κ2) is 9.22. The molecule has 2 heterocycles. The summed E-state index contributed by atoms with van der Waals surface area (Å²) in [6.45, 7) is 1.95. The van der Waals surface area contributed by atoms with Crippen molar-refractivity contribution in [1.29, 1.82) is 0 Å². The van der Waals surface area contributed by atoms with Gasteiger partial charge < -0.3 is 15.4 Å². The smallest absolute Gasteiger partial charge is 0.314 e. The van der Waals surface area contributed by atoms with Crippen LogP contribution in [-0.2, 0) is 6.54 Å². The Balaban J connectivity index is 1.32. The van der Waals surface area contributed by atoms with E-state index in [1.54, 1.807) is 17.1 Å². The molecule has 2 aromatic heterocycles. The van der Waals surface area contributed by atoms with Crippen molar-refractivity contribution in [3.63, 3.8) is 0 Å². The molecule has 0 unspecified atom stereocenters. The van der Waals surface area contributed by atoms with Crippen molar-refractivity contribution >= 4 is 6.03 Å². The number of hydrogen-bond donors (Lipinski definition) is 2. The Morgan fingerprint density at radius 3 is 2.58 bits per heavy atom. The van der Waals surface area contributed by atoms with Crippen LogP contribution in [0.3, 0.4) is 0 Å². The number of nitrogens with zero attached hydrogens (tertiary/aromatic N) is 3. The second-order valence-electron chi connectivity index (χ2n) is 5.54. The predicted molar refractivity (Wildman–Crippen MR) is 98.8 cm³/mol. The van der Waals surface area contributed by atoms with Crippen molar-refractivity contribution in [2.75, 3.05) is 19.7 Å². The van der Waals surface area contributed by atoms with Gasteiger partial charge in [0, 0.05) is 30.7 Å².